The third kappa shape index (κ3) is 4.78. The molecule has 0 aliphatic carbocycles. The predicted octanol–water partition coefficient (Wildman–Crippen LogP) is 3.19. The van der Waals surface area contributed by atoms with Crippen LogP contribution in [0.1, 0.15) is 41.4 Å². The highest BCUT2D eigenvalue weighted by molar-refractivity contribution is 6.30. The quantitative estimate of drug-likeness (QED) is 0.711. The zero-order chi connectivity index (χ0) is 22.7. The fourth-order valence-electron chi connectivity index (χ4n) is 3.78. The van der Waals surface area contributed by atoms with Gasteiger partial charge in [0.2, 0.25) is 5.91 Å². The van der Waals surface area contributed by atoms with Crippen LogP contribution < -0.4 is 14.8 Å². The third-order valence-electron chi connectivity index (χ3n) is 5.43. The number of carbonyl (C=O) groups is 2. The number of amides is 2. The molecule has 7 nitrogen and oxygen atoms in total. The second kappa shape index (κ2) is 9.58. The van der Waals surface area contributed by atoms with Crippen molar-refractivity contribution in [1.82, 2.24) is 10.2 Å². The number of ether oxygens (including phenoxy) is 2. The van der Waals surface area contributed by atoms with E-state index >= 15 is 0 Å². The molecular formula is C23H27ClN2O5. The number of hydrogen-bond donors (Lipinski definition) is 2. The maximum Gasteiger partial charge on any atom is 0.251 e. The van der Waals surface area contributed by atoms with Gasteiger partial charge in [0.1, 0.15) is 23.6 Å². The Morgan fingerprint density at radius 1 is 1.10 bits per heavy atom. The second-order valence-corrected chi connectivity index (χ2v) is 8.24. The number of benzene rings is 2. The van der Waals surface area contributed by atoms with Gasteiger partial charge in [-0.05, 0) is 42.3 Å². The summed E-state index contributed by atoms with van der Waals surface area (Å²) in [7, 11) is 3.08. The number of rotatable bonds is 6. The summed E-state index contributed by atoms with van der Waals surface area (Å²) in [6.07, 6.45) is -0.933. The summed E-state index contributed by atoms with van der Waals surface area (Å²) in [6.45, 7) is 4.06. The lowest BCUT2D eigenvalue weighted by Crippen LogP contribution is -2.52. The molecule has 2 atom stereocenters. The standard InChI is InChI=1S/C23H27ClN2O5/c1-13(2)21(25-22(28)14-5-7-15(24)8-6-14)23(29)26-11-16-18(30-3)9-10-19(31-4)20(16)17(27)12-26/h5-10,13,17,21,27H,11-12H2,1-4H3,(H,25,28)/t17-,21-/m0/s1. The average Bonchev–Trinajstić information content (AvgIpc) is 2.76. The van der Waals surface area contributed by atoms with Crippen molar-refractivity contribution in [2.75, 3.05) is 20.8 Å². The van der Waals surface area contributed by atoms with Crippen LogP contribution in [0, 0.1) is 5.92 Å². The van der Waals surface area contributed by atoms with Gasteiger partial charge in [-0.1, -0.05) is 25.4 Å². The molecule has 0 unspecified atom stereocenters. The Bertz CT molecular complexity index is 961. The Balaban J connectivity index is 1.85. The minimum atomic E-state index is -0.933. The third-order valence-corrected chi connectivity index (χ3v) is 5.68. The molecule has 0 saturated carbocycles. The molecule has 2 aromatic rings. The number of aliphatic hydroxyl groups excluding tert-OH is 1. The molecule has 166 valence electrons. The topological polar surface area (TPSA) is 88.1 Å². The molecule has 2 aromatic carbocycles. The Morgan fingerprint density at radius 3 is 2.29 bits per heavy atom. The van der Waals surface area contributed by atoms with Crippen LogP contribution in [-0.4, -0.2) is 48.6 Å². The first-order valence-corrected chi connectivity index (χ1v) is 10.4. The fraction of sp³-hybridized carbons (Fsp3) is 0.391. The van der Waals surface area contributed by atoms with Crippen molar-refractivity contribution in [2.24, 2.45) is 5.92 Å². The van der Waals surface area contributed by atoms with E-state index in [2.05, 4.69) is 5.32 Å². The van der Waals surface area contributed by atoms with E-state index in [-0.39, 0.29) is 30.8 Å². The summed E-state index contributed by atoms with van der Waals surface area (Å²) >= 11 is 5.89. The zero-order valence-electron chi connectivity index (χ0n) is 18.0. The Hall–Kier alpha value is -2.77. The molecule has 3 rings (SSSR count). The smallest absolute Gasteiger partial charge is 0.251 e. The summed E-state index contributed by atoms with van der Waals surface area (Å²) < 4.78 is 10.8. The van der Waals surface area contributed by atoms with Crippen molar-refractivity contribution in [3.05, 3.63) is 58.1 Å². The largest absolute Gasteiger partial charge is 0.496 e. The molecule has 1 heterocycles. The maximum atomic E-state index is 13.4. The first-order chi connectivity index (χ1) is 14.8. The molecule has 0 bridgehead atoms. The number of hydrogen-bond acceptors (Lipinski definition) is 5. The van der Waals surface area contributed by atoms with Gasteiger partial charge in [-0.15, -0.1) is 0 Å². The molecule has 2 amide bonds. The monoisotopic (exact) mass is 446 g/mol. The van der Waals surface area contributed by atoms with E-state index in [0.29, 0.717) is 33.2 Å². The van der Waals surface area contributed by atoms with Crippen LogP contribution in [0.25, 0.3) is 0 Å². The van der Waals surface area contributed by atoms with E-state index in [0.717, 1.165) is 0 Å². The van der Waals surface area contributed by atoms with Crippen molar-refractivity contribution in [3.8, 4) is 11.5 Å². The van der Waals surface area contributed by atoms with Gasteiger partial charge in [0.05, 0.1) is 20.8 Å². The van der Waals surface area contributed by atoms with Gasteiger partial charge >= 0.3 is 0 Å². The average molecular weight is 447 g/mol. The van der Waals surface area contributed by atoms with E-state index < -0.39 is 12.1 Å². The van der Waals surface area contributed by atoms with Crippen molar-refractivity contribution < 1.29 is 24.2 Å². The van der Waals surface area contributed by atoms with E-state index in [1.807, 2.05) is 13.8 Å². The minimum absolute atomic E-state index is 0.0927. The number of β-amino-alcohol motifs (C(OH)–C–C–N with tert-alkyl or cyclic N) is 1. The number of halogens is 1. The van der Waals surface area contributed by atoms with Gasteiger partial charge in [0.25, 0.3) is 5.91 Å². The van der Waals surface area contributed by atoms with Crippen LogP contribution in [0.2, 0.25) is 5.02 Å². The predicted molar refractivity (Wildman–Crippen MR) is 117 cm³/mol. The summed E-state index contributed by atoms with van der Waals surface area (Å²) in [5, 5.41) is 14.1. The maximum absolute atomic E-state index is 13.4. The number of carbonyl (C=O) groups excluding carboxylic acids is 2. The van der Waals surface area contributed by atoms with Crippen LogP contribution in [0.5, 0.6) is 11.5 Å². The normalized spacial score (nSPS) is 16.5. The summed E-state index contributed by atoms with van der Waals surface area (Å²) in [5.74, 6) is 0.327. The number of fused-ring (bicyclic) bond motifs is 1. The van der Waals surface area contributed by atoms with Gasteiger partial charge < -0.3 is 24.8 Å². The molecular weight excluding hydrogens is 420 g/mol. The molecule has 0 spiro atoms. The minimum Gasteiger partial charge on any atom is -0.496 e. The van der Waals surface area contributed by atoms with Crippen LogP contribution in [0.15, 0.2) is 36.4 Å². The molecule has 0 aromatic heterocycles. The van der Waals surface area contributed by atoms with Crippen molar-refractivity contribution in [3.63, 3.8) is 0 Å². The Morgan fingerprint density at radius 2 is 1.71 bits per heavy atom. The SMILES string of the molecule is COc1ccc(OC)c2c1CN(C(=O)[C@@H](NC(=O)c1ccc(Cl)cc1)C(C)C)C[C@@H]2O. The lowest BCUT2D eigenvalue weighted by atomic mass is 9.93. The Kier molecular flexibility index (Phi) is 7.08. The summed E-state index contributed by atoms with van der Waals surface area (Å²) in [5.41, 5.74) is 1.73. The van der Waals surface area contributed by atoms with Crippen LogP contribution in [-0.2, 0) is 11.3 Å². The highest BCUT2D eigenvalue weighted by Crippen LogP contribution is 2.39. The molecule has 0 radical (unpaired) electrons. The van der Waals surface area contributed by atoms with E-state index in [1.54, 1.807) is 48.4 Å². The van der Waals surface area contributed by atoms with E-state index in [4.69, 9.17) is 21.1 Å². The molecule has 1 aliphatic heterocycles. The van der Waals surface area contributed by atoms with Gasteiger partial charge in [0, 0.05) is 28.3 Å². The number of aliphatic hydroxyl groups is 1. The summed E-state index contributed by atoms with van der Waals surface area (Å²) in [6, 6.07) is 9.20. The van der Waals surface area contributed by atoms with Crippen molar-refractivity contribution >= 4 is 23.4 Å². The number of nitrogens with zero attached hydrogens (tertiary/aromatic N) is 1. The molecule has 31 heavy (non-hydrogen) atoms. The van der Waals surface area contributed by atoms with E-state index in [1.165, 1.54) is 7.11 Å². The summed E-state index contributed by atoms with van der Waals surface area (Å²) in [4.78, 5) is 27.6. The highest BCUT2D eigenvalue weighted by atomic mass is 35.5. The van der Waals surface area contributed by atoms with Gasteiger partial charge in [-0.25, -0.2) is 0 Å². The van der Waals surface area contributed by atoms with Crippen LogP contribution in [0.4, 0.5) is 0 Å². The van der Waals surface area contributed by atoms with Crippen LogP contribution in [0.3, 0.4) is 0 Å². The number of methoxy groups -OCH3 is 2. The highest BCUT2D eigenvalue weighted by Gasteiger charge is 2.36. The van der Waals surface area contributed by atoms with Gasteiger partial charge in [0.15, 0.2) is 0 Å². The number of nitrogens with one attached hydrogen (secondary N) is 1. The van der Waals surface area contributed by atoms with Gasteiger partial charge in [-0.3, -0.25) is 9.59 Å². The molecule has 0 fully saturated rings. The Labute approximate surface area is 186 Å². The molecule has 2 N–H and O–H groups in total. The van der Waals surface area contributed by atoms with Crippen LogP contribution >= 0.6 is 11.6 Å². The van der Waals surface area contributed by atoms with Gasteiger partial charge in [-0.2, -0.15) is 0 Å². The lowest BCUT2D eigenvalue weighted by Gasteiger charge is -2.36. The fourth-order valence-corrected chi connectivity index (χ4v) is 3.91. The first kappa shape index (κ1) is 22.9. The zero-order valence-corrected chi connectivity index (χ0v) is 18.8. The molecule has 8 heteroatoms. The first-order valence-electron chi connectivity index (χ1n) is 10.0. The van der Waals surface area contributed by atoms with E-state index in [9.17, 15) is 14.7 Å². The molecule has 1 aliphatic rings. The lowest BCUT2D eigenvalue weighted by molar-refractivity contribution is -0.137. The second-order valence-electron chi connectivity index (χ2n) is 7.80. The molecule has 0 saturated heterocycles. The van der Waals surface area contributed by atoms with Crippen molar-refractivity contribution in [1.29, 1.82) is 0 Å². The van der Waals surface area contributed by atoms with Crippen molar-refractivity contribution in [2.45, 2.75) is 32.5 Å².